The van der Waals surface area contributed by atoms with Gasteiger partial charge in [0.15, 0.2) is 0 Å². The molecule has 1 fully saturated rings. The van der Waals surface area contributed by atoms with E-state index in [0.29, 0.717) is 32.5 Å². The van der Waals surface area contributed by atoms with Crippen LogP contribution < -0.4 is 5.32 Å². The molecule has 0 unspecified atom stereocenters. The fourth-order valence-electron chi connectivity index (χ4n) is 3.51. The van der Waals surface area contributed by atoms with E-state index >= 15 is 0 Å². The van der Waals surface area contributed by atoms with E-state index in [4.69, 9.17) is 0 Å². The topological polar surface area (TPSA) is 97.2 Å². The normalized spacial score (nSPS) is 15.7. The van der Waals surface area contributed by atoms with Crippen LogP contribution in [0.1, 0.15) is 18.4 Å². The standard InChI is InChI=1S/C21H23N5O3S/c27-20(23-21-22-16-25(24-21)15-17-7-3-1-4-8-17)18-11-13-26(14-12-18)30(28,29)19-9-5-2-6-10-19/h1-10,16,18H,11-15H2,(H,23,24,27). The van der Waals surface area contributed by atoms with Gasteiger partial charge in [-0.15, -0.1) is 5.10 Å². The van der Waals surface area contributed by atoms with Gasteiger partial charge in [0.25, 0.3) is 0 Å². The van der Waals surface area contributed by atoms with Crippen LogP contribution in [0.5, 0.6) is 0 Å². The Morgan fingerprint density at radius 3 is 2.30 bits per heavy atom. The van der Waals surface area contributed by atoms with Crippen LogP contribution in [0.2, 0.25) is 0 Å². The Labute approximate surface area is 175 Å². The molecule has 2 aromatic carbocycles. The highest BCUT2D eigenvalue weighted by molar-refractivity contribution is 7.89. The average Bonchev–Trinajstić information content (AvgIpc) is 3.21. The maximum atomic E-state index is 12.7. The average molecular weight is 426 g/mol. The van der Waals surface area contributed by atoms with Gasteiger partial charge in [-0.3, -0.25) is 10.1 Å². The molecular formula is C21H23N5O3S. The zero-order valence-electron chi connectivity index (χ0n) is 16.4. The summed E-state index contributed by atoms with van der Waals surface area (Å²) < 4.78 is 28.5. The van der Waals surface area contributed by atoms with Gasteiger partial charge < -0.3 is 0 Å². The van der Waals surface area contributed by atoms with Crippen molar-refractivity contribution >= 4 is 21.9 Å². The molecule has 156 valence electrons. The van der Waals surface area contributed by atoms with Crippen LogP contribution in [0.25, 0.3) is 0 Å². The molecule has 1 aliphatic heterocycles. The number of anilines is 1. The Morgan fingerprint density at radius 2 is 1.63 bits per heavy atom. The number of hydrogen-bond donors (Lipinski definition) is 1. The molecule has 9 heteroatoms. The minimum atomic E-state index is -3.52. The molecule has 0 bridgehead atoms. The maximum absolute atomic E-state index is 12.7. The molecule has 8 nitrogen and oxygen atoms in total. The highest BCUT2D eigenvalue weighted by Gasteiger charge is 2.32. The van der Waals surface area contributed by atoms with Crippen LogP contribution >= 0.6 is 0 Å². The molecule has 3 aromatic rings. The Balaban J connectivity index is 1.32. The van der Waals surface area contributed by atoms with Crippen LogP contribution in [-0.4, -0.2) is 46.5 Å². The Hall–Kier alpha value is -3.04. The lowest BCUT2D eigenvalue weighted by Crippen LogP contribution is -2.41. The molecular weight excluding hydrogens is 402 g/mol. The van der Waals surface area contributed by atoms with Crippen molar-refractivity contribution < 1.29 is 13.2 Å². The van der Waals surface area contributed by atoms with Gasteiger partial charge in [0.05, 0.1) is 11.4 Å². The van der Waals surface area contributed by atoms with E-state index < -0.39 is 10.0 Å². The van der Waals surface area contributed by atoms with Gasteiger partial charge in [-0.2, -0.15) is 4.31 Å². The van der Waals surface area contributed by atoms with Crippen molar-refractivity contribution in [3.8, 4) is 0 Å². The van der Waals surface area contributed by atoms with Crippen molar-refractivity contribution in [3.05, 3.63) is 72.6 Å². The molecule has 0 radical (unpaired) electrons. The Morgan fingerprint density at radius 1 is 1.00 bits per heavy atom. The van der Waals surface area contributed by atoms with Gasteiger partial charge in [0.2, 0.25) is 21.9 Å². The lowest BCUT2D eigenvalue weighted by molar-refractivity contribution is -0.121. The summed E-state index contributed by atoms with van der Waals surface area (Å²) in [5.41, 5.74) is 1.09. The molecule has 0 saturated carbocycles. The summed E-state index contributed by atoms with van der Waals surface area (Å²) in [5.74, 6) is -0.187. The van der Waals surface area contributed by atoms with Crippen molar-refractivity contribution in [2.75, 3.05) is 18.4 Å². The van der Waals surface area contributed by atoms with Gasteiger partial charge in [-0.25, -0.2) is 18.1 Å². The third-order valence-electron chi connectivity index (χ3n) is 5.16. The summed E-state index contributed by atoms with van der Waals surface area (Å²) in [6, 6.07) is 18.2. The van der Waals surface area contributed by atoms with Gasteiger partial charge >= 0.3 is 0 Å². The number of aromatic nitrogens is 3. The molecule has 1 N–H and O–H groups in total. The van der Waals surface area contributed by atoms with Gasteiger partial charge in [-0.1, -0.05) is 48.5 Å². The third kappa shape index (κ3) is 4.58. The van der Waals surface area contributed by atoms with Crippen molar-refractivity contribution in [1.29, 1.82) is 0 Å². The summed E-state index contributed by atoms with van der Waals surface area (Å²) in [6.45, 7) is 1.19. The molecule has 0 aliphatic carbocycles. The summed E-state index contributed by atoms with van der Waals surface area (Å²) >= 11 is 0. The molecule has 1 aliphatic rings. The summed E-state index contributed by atoms with van der Waals surface area (Å²) in [4.78, 5) is 17.0. The first-order valence-electron chi connectivity index (χ1n) is 9.82. The first-order valence-corrected chi connectivity index (χ1v) is 11.3. The number of carbonyl (C=O) groups is 1. The van der Waals surface area contributed by atoms with Gasteiger partial charge in [0.1, 0.15) is 6.33 Å². The van der Waals surface area contributed by atoms with E-state index in [0.717, 1.165) is 5.56 Å². The smallest absolute Gasteiger partial charge is 0.248 e. The van der Waals surface area contributed by atoms with E-state index in [1.807, 2.05) is 30.3 Å². The SMILES string of the molecule is O=C(Nc1ncn(Cc2ccccc2)n1)C1CCN(S(=O)(=O)c2ccccc2)CC1. The number of nitrogens with zero attached hydrogens (tertiary/aromatic N) is 4. The van der Waals surface area contributed by atoms with Crippen molar-refractivity contribution in [2.24, 2.45) is 5.92 Å². The largest absolute Gasteiger partial charge is 0.293 e. The van der Waals surface area contributed by atoms with Crippen LogP contribution in [0.3, 0.4) is 0 Å². The second-order valence-electron chi connectivity index (χ2n) is 7.23. The van der Waals surface area contributed by atoms with Crippen molar-refractivity contribution in [3.63, 3.8) is 0 Å². The second kappa shape index (κ2) is 8.76. The Kier molecular flexibility index (Phi) is 5.91. The Bertz CT molecular complexity index is 1090. The van der Waals surface area contributed by atoms with Gasteiger partial charge in [-0.05, 0) is 30.5 Å². The van der Waals surface area contributed by atoms with E-state index in [1.54, 1.807) is 41.3 Å². The van der Waals surface area contributed by atoms with E-state index in [1.165, 1.54) is 4.31 Å². The lowest BCUT2D eigenvalue weighted by atomic mass is 9.97. The molecule has 0 spiro atoms. The summed E-state index contributed by atoms with van der Waals surface area (Å²) in [7, 11) is -3.52. The fraction of sp³-hybridized carbons (Fsp3) is 0.286. The van der Waals surface area contributed by atoms with E-state index in [2.05, 4.69) is 15.4 Å². The zero-order valence-corrected chi connectivity index (χ0v) is 17.2. The molecule has 2 heterocycles. The first kappa shape index (κ1) is 20.2. The molecule has 0 atom stereocenters. The second-order valence-corrected chi connectivity index (χ2v) is 9.17. The number of carbonyl (C=O) groups excluding carboxylic acids is 1. The summed E-state index contributed by atoms with van der Waals surface area (Å²) in [5, 5.41) is 7.05. The fourth-order valence-corrected chi connectivity index (χ4v) is 5.00. The maximum Gasteiger partial charge on any atom is 0.248 e. The predicted octanol–water partition coefficient (Wildman–Crippen LogP) is 2.37. The number of hydrogen-bond acceptors (Lipinski definition) is 5. The molecule has 4 rings (SSSR count). The zero-order chi connectivity index (χ0) is 21.0. The minimum Gasteiger partial charge on any atom is -0.293 e. The number of sulfonamides is 1. The van der Waals surface area contributed by atoms with Crippen LogP contribution in [0.4, 0.5) is 5.95 Å². The molecule has 1 saturated heterocycles. The van der Waals surface area contributed by atoms with Gasteiger partial charge in [0, 0.05) is 19.0 Å². The van der Waals surface area contributed by atoms with E-state index in [-0.39, 0.29) is 22.7 Å². The quantitative estimate of drug-likeness (QED) is 0.654. The lowest BCUT2D eigenvalue weighted by Gasteiger charge is -2.30. The number of rotatable bonds is 6. The highest BCUT2D eigenvalue weighted by Crippen LogP contribution is 2.24. The predicted molar refractivity (Wildman–Crippen MR) is 112 cm³/mol. The van der Waals surface area contributed by atoms with Crippen LogP contribution in [-0.2, 0) is 21.4 Å². The van der Waals surface area contributed by atoms with Crippen LogP contribution in [0, 0.1) is 5.92 Å². The molecule has 1 amide bonds. The summed E-state index contributed by atoms with van der Waals surface area (Å²) in [6.07, 6.45) is 2.50. The molecule has 30 heavy (non-hydrogen) atoms. The van der Waals surface area contributed by atoms with Crippen LogP contribution in [0.15, 0.2) is 71.9 Å². The highest BCUT2D eigenvalue weighted by atomic mass is 32.2. The minimum absolute atomic E-state index is 0.177. The van der Waals surface area contributed by atoms with E-state index in [9.17, 15) is 13.2 Å². The number of benzene rings is 2. The first-order chi connectivity index (χ1) is 14.5. The van der Waals surface area contributed by atoms with Crippen molar-refractivity contribution in [2.45, 2.75) is 24.3 Å². The monoisotopic (exact) mass is 425 g/mol. The van der Waals surface area contributed by atoms with Crippen molar-refractivity contribution in [1.82, 2.24) is 19.1 Å². The number of nitrogens with one attached hydrogen (secondary N) is 1. The molecule has 1 aromatic heterocycles. The number of amides is 1. The number of piperidine rings is 1. The third-order valence-corrected chi connectivity index (χ3v) is 7.08.